The van der Waals surface area contributed by atoms with Crippen LogP contribution in [0.3, 0.4) is 0 Å². The predicted molar refractivity (Wildman–Crippen MR) is 90.8 cm³/mol. The van der Waals surface area contributed by atoms with Crippen LogP contribution in [0.25, 0.3) is 0 Å². The molecule has 1 fully saturated rings. The van der Waals surface area contributed by atoms with E-state index in [1.807, 2.05) is 30.3 Å². The average Bonchev–Trinajstić information content (AvgIpc) is 2.96. The summed E-state index contributed by atoms with van der Waals surface area (Å²) in [6.07, 6.45) is -3.98. The highest BCUT2D eigenvalue weighted by molar-refractivity contribution is 6.02. The number of benzene rings is 2. The minimum Gasteiger partial charge on any atom is -0.326 e. The van der Waals surface area contributed by atoms with Gasteiger partial charge in [0.05, 0.1) is 5.56 Å². The fourth-order valence-electron chi connectivity index (χ4n) is 2.75. The highest BCUT2D eigenvalue weighted by Crippen LogP contribution is 2.29. The van der Waals surface area contributed by atoms with E-state index in [1.54, 1.807) is 4.90 Å². The van der Waals surface area contributed by atoms with E-state index in [-0.39, 0.29) is 11.6 Å². The Morgan fingerprint density at radius 3 is 2.31 bits per heavy atom. The van der Waals surface area contributed by atoms with Crippen molar-refractivity contribution in [3.05, 3.63) is 60.2 Å². The van der Waals surface area contributed by atoms with E-state index in [2.05, 4.69) is 10.6 Å². The molecule has 0 spiro atoms. The summed E-state index contributed by atoms with van der Waals surface area (Å²) in [7, 11) is 0. The number of alkyl halides is 3. The van der Waals surface area contributed by atoms with Crippen molar-refractivity contribution in [2.75, 3.05) is 16.8 Å². The lowest BCUT2D eigenvalue weighted by Crippen LogP contribution is -2.43. The summed E-state index contributed by atoms with van der Waals surface area (Å²) in [4.78, 5) is 26.0. The molecule has 3 amide bonds. The van der Waals surface area contributed by atoms with Crippen molar-refractivity contribution >= 4 is 23.3 Å². The number of halogens is 3. The first kappa shape index (κ1) is 17.8. The molecule has 5 nitrogen and oxygen atoms in total. The quantitative estimate of drug-likeness (QED) is 0.875. The Morgan fingerprint density at radius 1 is 1.04 bits per heavy atom. The fourth-order valence-corrected chi connectivity index (χ4v) is 2.75. The van der Waals surface area contributed by atoms with Crippen LogP contribution in [0, 0.1) is 0 Å². The number of para-hydroxylation sites is 1. The van der Waals surface area contributed by atoms with Gasteiger partial charge < -0.3 is 15.5 Å². The minimum atomic E-state index is -4.43. The molecule has 1 aliphatic heterocycles. The van der Waals surface area contributed by atoms with E-state index in [4.69, 9.17) is 0 Å². The van der Waals surface area contributed by atoms with Crippen molar-refractivity contribution < 1.29 is 22.8 Å². The van der Waals surface area contributed by atoms with Crippen molar-refractivity contribution in [2.24, 2.45) is 0 Å². The second-order valence-electron chi connectivity index (χ2n) is 5.84. The van der Waals surface area contributed by atoms with Gasteiger partial charge in [-0.05, 0) is 42.8 Å². The number of nitrogens with zero attached hydrogens (tertiary/aromatic N) is 1. The van der Waals surface area contributed by atoms with Crippen LogP contribution in [0.15, 0.2) is 54.6 Å². The number of carbonyl (C=O) groups is 2. The highest BCUT2D eigenvalue weighted by atomic mass is 19.4. The summed E-state index contributed by atoms with van der Waals surface area (Å²) in [5, 5.41) is 4.99. The molecule has 1 aliphatic rings. The molecule has 3 rings (SSSR count). The van der Waals surface area contributed by atoms with Crippen molar-refractivity contribution in [1.29, 1.82) is 0 Å². The van der Waals surface area contributed by atoms with E-state index in [9.17, 15) is 22.8 Å². The van der Waals surface area contributed by atoms with Gasteiger partial charge in [0.15, 0.2) is 0 Å². The Balaban J connectivity index is 1.58. The standard InChI is InChI=1S/C18H16F3N3O2/c19-18(20,21)12-6-8-13(9-7-12)22-17(26)23-15-10-11-24(16(15)25)14-4-2-1-3-5-14/h1-9,15H,10-11H2,(H2,22,23,26)/t15-/m1/s1. The first-order valence-corrected chi connectivity index (χ1v) is 7.96. The Labute approximate surface area is 147 Å². The van der Waals surface area contributed by atoms with E-state index in [0.29, 0.717) is 13.0 Å². The molecule has 0 saturated carbocycles. The topological polar surface area (TPSA) is 61.4 Å². The van der Waals surface area contributed by atoms with Crippen molar-refractivity contribution in [1.82, 2.24) is 5.32 Å². The zero-order valence-corrected chi connectivity index (χ0v) is 13.6. The SMILES string of the molecule is O=C(Nc1ccc(C(F)(F)F)cc1)N[C@@H]1CCN(c2ccccc2)C1=O. The third kappa shape index (κ3) is 3.96. The first-order valence-electron chi connectivity index (χ1n) is 7.96. The van der Waals surface area contributed by atoms with Crippen molar-refractivity contribution in [2.45, 2.75) is 18.6 Å². The lowest BCUT2D eigenvalue weighted by atomic mass is 10.2. The molecule has 1 saturated heterocycles. The summed E-state index contributed by atoms with van der Waals surface area (Å²) < 4.78 is 37.6. The van der Waals surface area contributed by atoms with Crippen LogP contribution in [0.4, 0.5) is 29.3 Å². The number of hydrogen-bond donors (Lipinski definition) is 2. The monoisotopic (exact) mass is 363 g/mol. The van der Waals surface area contributed by atoms with Gasteiger partial charge in [-0.2, -0.15) is 13.2 Å². The van der Waals surface area contributed by atoms with Crippen LogP contribution < -0.4 is 15.5 Å². The smallest absolute Gasteiger partial charge is 0.326 e. The van der Waals surface area contributed by atoms with E-state index in [1.165, 1.54) is 0 Å². The first-order chi connectivity index (χ1) is 12.3. The summed E-state index contributed by atoms with van der Waals surface area (Å²) in [6.45, 7) is 0.480. The molecule has 8 heteroatoms. The second kappa shape index (κ2) is 7.07. The largest absolute Gasteiger partial charge is 0.416 e. The van der Waals surface area contributed by atoms with Crippen LogP contribution in [0.5, 0.6) is 0 Å². The maximum absolute atomic E-state index is 12.5. The molecule has 26 heavy (non-hydrogen) atoms. The molecular weight excluding hydrogens is 347 g/mol. The molecule has 1 heterocycles. The van der Waals surface area contributed by atoms with Gasteiger partial charge in [0.25, 0.3) is 0 Å². The van der Waals surface area contributed by atoms with Gasteiger partial charge in [-0.15, -0.1) is 0 Å². The van der Waals surface area contributed by atoms with E-state index in [0.717, 1.165) is 30.0 Å². The van der Waals surface area contributed by atoms with Gasteiger partial charge in [0.2, 0.25) is 5.91 Å². The molecule has 2 N–H and O–H groups in total. The summed E-state index contributed by atoms with van der Waals surface area (Å²) in [6, 6.07) is 11.9. The highest BCUT2D eigenvalue weighted by Gasteiger charge is 2.33. The van der Waals surface area contributed by atoms with Crippen LogP contribution >= 0.6 is 0 Å². The molecular formula is C18H16F3N3O2. The number of nitrogens with one attached hydrogen (secondary N) is 2. The molecule has 136 valence electrons. The Bertz CT molecular complexity index is 792. The predicted octanol–water partition coefficient (Wildman–Crippen LogP) is 3.63. The van der Waals surface area contributed by atoms with Crippen LogP contribution in [0.2, 0.25) is 0 Å². The Morgan fingerprint density at radius 2 is 1.69 bits per heavy atom. The van der Waals surface area contributed by atoms with Gasteiger partial charge in [0, 0.05) is 17.9 Å². The molecule has 0 unspecified atom stereocenters. The molecule has 0 aliphatic carbocycles. The van der Waals surface area contributed by atoms with Crippen molar-refractivity contribution in [3.8, 4) is 0 Å². The number of rotatable bonds is 3. The number of carbonyl (C=O) groups excluding carboxylic acids is 2. The third-order valence-corrected chi connectivity index (χ3v) is 4.05. The maximum Gasteiger partial charge on any atom is 0.416 e. The van der Waals surface area contributed by atoms with Gasteiger partial charge >= 0.3 is 12.2 Å². The molecule has 0 bridgehead atoms. The van der Waals surface area contributed by atoms with E-state index >= 15 is 0 Å². The van der Waals surface area contributed by atoms with E-state index < -0.39 is 23.8 Å². The summed E-state index contributed by atoms with van der Waals surface area (Å²) in [5.74, 6) is -0.223. The molecule has 0 radical (unpaired) electrons. The number of anilines is 2. The lowest BCUT2D eigenvalue weighted by molar-refractivity contribution is -0.137. The molecule has 2 aromatic rings. The molecule has 1 atom stereocenters. The van der Waals surface area contributed by atoms with Crippen LogP contribution in [0.1, 0.15) is 12.0 Å². The zero-order chi connectivity index (χ0) is 18.7. The van der Waals surface area contributed by atoms with Gasteiger partial charge in [0.1, 0.15) is 6.04 Å². The average molecular weight is 363 g/mol. The molecule has 0 aromatic heterocycles. The second-order valence-corrected chi connectivity index (χ2v) is 5.84. The van der Waals surface area contributed by atoms with Crippen molar-refractivity contribution in [3.63, 3.8) is 0 Å². The minimum absolute atomic E-state index is 0.209. The number of urea groups is 1. The van der Waals surface area contributed by atoms with Crippen LogP contribution in [-0.4, -0.2) is 24.5 Å². The summed E-state index contributed by atoms with van der Waals surface area (Å²) in [5.41, 5.74) is 0.166. The maximum atomic E-state index is 12.5. The molecule has 2 aromatic carbocycles. The Kier molecular flexibility index (Phi) is 4.83. The number of hydrogen-bond acceptors (Lipinski definition) is 2. The normalized spacial score (nSPS) is 17.3. The van der Waals surface area contributed by atoms with Gasteiger partial charge in [-0.25, -0.2) is 4.79 Å². The number of amides is 3. The summed E-state index contributed by atoms with van der Waals surface area (Å²) >= 11 is 0. The Hall–Kier alpha value is -3.03. The lowest BCUT2D eigenvalue weighted by Gasteiger charge is -2.17. The fraction of sp³-hybridized carbons (Fsp3) is 0.222. The van der Waals surface area contributed by atoms with Gasteiger partial charge in [-0.1, -0.05) is 18.2 Å². The van der Waals surface area contributed by atoms with Gasteiger partial charge in [-0.3, -0.25) is 4.79 Å². The zero-order valence-electron chi connectivity index (χ0n) is 13.6. The third-order valence-electron chi connectivity index (χ3n) is 4.05. The van der Waals surface area contributed by atoms with Crippen LogP contribution in [-0.2, 0) is 11.0 Å².